The monoisotopic (exact) mass is 318 g/mol. The summed E-state index contributed by atoms with van der Waals surface area (Å²) in [5.74, 6) is -0.275. The molecule has 0 fully saturated rings. The van der Waals surface area contributed by atoms with E-state index in [1.54, 1.807) is 32.0 Å². The van der Waals surface area contributed by atoms with E-state index in [-0.39, 0.29) is 5.91 Å². The fourth-order valence-electron chi connectivity index (χ4n) is 1.79. The van der Waals surface area contributed by atoms with Gasteiger partial charge in [0.1, 0.15) is 6.07 Å². The van der Waals surface area contributed by atoms with E-state index in [4.69, 9.17) is 5.26 Å². The van der Waals surface area contributed by atoms with Crippen molar-refractivity contribution in [3.8, 4) is 6.07 Å². The van der Waals surface area contributed by atoms with Crippen LogP contribution in [0.4, 0.5) is 5.69 Å². The number of rotatable bonds is 2. The van der Waals surface area contributed by atoms with Crippen LogP contribution in [0.25, 0.3) is 0 Å². The Bertz CT molecular complexity index is 665. The van der Waals surface area contributed by atoms with Gasteiger partial charge in [0, 0.05) is 10.2 Å². The molecule has 2 N–H and O–H groups in total. The minimum atomic E-state index is -0.275. The van der Waals surface area contributed by atoms with Gasteiger partial charge in [-0.15, -0.1) is 0 Å². The maximum atomic E-state index is 12.2. The molecular weight excluding hydrogens is 308 g/mol. The average Bonchev–Trinajstić information content (AvgIpc) is 2.71. The van der Waals surface area contributed by atoms with Crippen molar-refractivity contribution in [3.05, 3.63) is 45.2 Å². The summed E-state index contributed by atoms with van der Waals surface area (Å²) < 4.78 is 0.790. The number of halogens is 1. The molecule has 2 rings (SSSR count). The van der Waals surface area contributed by atoms with Crippen molar-refractivity contribution in [1.82, 2.24) is 10.2 Å². The molecule has 96 valence electrons. The number of carbonyl (C=O) groups excluding carboxylic acids is 1. The predicted molar refractivity (Wildman–Crippen MR) is 74.9 cm³/mol. The second-order valence-corrected chi connectivity index (χ2v) is 4.98. The van der Waals surface area contributed by atoms with Crippen molar-refractivity contribution < 1.29 is 4.79 Å². The fraction of sp³-hybridized carbons (Fsp3) is 0.154. The van der Waals surface area contributed by atoms with Crippen LogP contribution >= 0.6 is 15.9 Å². The summed E-state index contributed by atoms with van der Waals surface area (Å²) in [4.78, 5) is 12.2. The van der Waals surface area contributed by atoms with Gasteiger partial charge in [-0.2, -0.15) is 10.4 Å². The number of hydrogen-bond donors (Lipinski definition) is 2. The molecule has 0 saturated heterocycles. The van der Waals surface area contributed by atoms with Crippen LogP contribution in [0, 0.1) is 25.2 Å². The Balaban J connectivity index is 2.33. The van der Waals surface area contributed by atoms with Crippen LogP contribution in [-0.2, 0) is 0 Å². The van der Waals surface area contributed by atoms with Crippen LogP contribution in [0.1, 0.15) is 27.3 Å². The molecule has 2 aromatic rings. The zero-order valence-corrected chi connectivity index (χ0v) is 12.0. The summed E-state index contributed by atoms with van der Waals surface area (Å²) in [7, 11) is 0. The summed E-state index contributed by atoms with van der Waals surface area (Å²) in [5, 5.41) is 18.5. The number of carbonyl (C=O) groups is 1. The lowest BCUT2D eigenvalue weighted by molar-refractivity contribution is 0.102. The Morgan fingerprint density at radius 2 is 2.21 bits per heavy atom. The summed E-state index contributed by atoms with van der Waals surface area (Å²) in [6, 6.07) is 7.16. The topological polar surface area (TPSA) is 81.6 Å². The minimum Gasteiger partial charge on any atom is -0.321 e. The number of aromatic nitrogens is 2. The first-order valence-corrected chi connectivity index (χ1v) is 6.34. The molecule has 0 atom stereocenters. The van der Waals surface area contributed by atoms with E-state index in [2.05, 4.69) is 31.4 Å². The lowest BCUT2D eigenvalue weighted by Gasteiger charge is -2.07. The Kier molecular flexibility index (Phi) is 3.67. The Morgan fingerprint density at radius 1 is 1.47 bits per heavy atom. The molecule has 1 aromatic carbocycles. The van der Waals surface area contributed by atoms with Gasteiger partial charge in [-0.05, 0) is 32.0 Å². The first-order valence-electron chi connectivity index (χ1n) is 5.55. The maximum Gasteiger partial charge on any atom is 0.259 e. The maximum absolute atomic E-state index is 12.2. The molecule has 0 radical (unpaired) electrons. The van der Waals surface area contributed by atoms with Crippen molar-refractivity contribution in [3.63, 3.8) is 0 Å². The van der Waals surface area contributed by atoms with E-state index in [0.29, 0.717) is 28.2 Å². The second-order valence-electron chi connectivity index (χ2n) is 4.06. The molecule has 0 aliphatic carbocycles. The number of anilines is 1. The van der Waals surface area contributed by atoms with E-state index in [1.807, 2.05) is 6.07 Å². The molecule has 5 nitrogen and oxygen atoms in total. The van der Waals surface area contributed by atoms with Gasteiger partial charge in [-0.3, -0.25) is 9.89 Å². The van der Waals surface area contributed by atoms with Crippen LogP contribution in [0.15, 0.2) is 22.7 Å². The van der Waals surface area contributed by atoms with E-state index in [9.17, 15) is 4.79 Å². The number of benzene rings is 1. The third kappa shape index (κ3) is 2.66. The Morgan fingerprint density at radius 3 is 2.79 bits per heavy atom. The standard InChI is InChI=1S/C13H11BrN4O/c1-7-12(8(2)18-17-7)13(19)16-11-4-3-10(14)5-9(11)6-15/h3-5H,1-2H3,(H,16,19)(H,17,18). The number of nitriles is 1. The molecule has 0 spiro atoms. The van der Waals surface area contributed by atoms with Gasteiger partial charge in [0.25, 0.3) is 5.91 Å². The van der Waals surface area contributed by atoms with Gasteiger partial charge in [0.15, 0.2) is 0 Å². The molecule has 1 amide bonds. The Hall–Kier alpha value is -2.13. The number of aromatic amines is 1. The molecule has 6 heteroatoms. The summed E-state index contributed by atoms with van der Waals surface area (Å²) >= 11 is 3.29. The smallest absolute Gasteiger partial charge is 0.259 e. The van der Waals surface area contributed by atoms with Gasteiger partial charge in [-0.25, -0.2) is 0 Å². The third-order valence-electron chi connectivity index (χ3n) is 2.71. The first-order chi connectivity index (χ1) is 9.02. The minimum absolute atomic E-state index is 0.275. The largest absolute Gasteiger partial charge is 0.321 e. The second kappa shape index (κ2) is 5.24. The summed E-state index contributed by atoms with van der Waals surface area (Å²) in [6.45, 7) is 3.53. The average molecular weight is 319 g/mol. The van der Waals surface area contributed by atoms with Gasteiger partial charge in [0.05, 0.1) is 22.5 Å². The van der Waals surface area contributed by atoms with Crippen molar-refractivity contribution in [2.75, 3.05) is 5.32 Å². The highest BCUT2D eigenvalue weighted by Gasteiger charge is 2.16. The van der Waals surface area contributed by atoms with Crippen LogP contribution in [-0.4, -0.2) is 16.1 Å². The van der Waals surface area contributed by atoms with Crippen molar-refractivity contribution in [2.45, 2.75) is 13.8 Å². The lowest BCUT2D eigenvalue weighted by atomic mass is 10.1. The van der Waals surface area contributed by atoms with Gasteiger partial charge >= 0.3 is 0 Å². The quantitative estimate of drug-likeness (QED) is 0.893. The molecule has 0 aliphatic rings. The number of nitrogens with zero attached hydrogens (tertiary/aromatic N) is 2. The number of amides is 1. The zero-order valence-electron chi connectivity index (χ0n) is 10.4. The van der Waals surface area contributed by atoms with E-state index in [1.165, 1.54) is 0 Å². The molecule has 0 bridgehead atoms. The van der Waals surface area contributed by atoms with Gasteiger partial charge in [-0.1, -0.05) is 15.9 Å². The zero-order chi connectivity index (χ0) is 14.0. The molecule has 1 aromatic heterocycles. The SMILES string of the molecule is Cc1n[nH]c(C)c1C(=O)Nc1ccc(Br)cc1C#N. The summed E-state index contributed by atoms with van der Waals surface area (Å²) in [5.41, 5.74) is 2.72. The number of H-pyrrole nitrogens is 1. The normalized spacial score (nSPS) is 10.0. The lowest BCUT2D eigenvalue weighted by Crippen LogP contribution is -2.14. The van der Waals surface area contributed by atoms with Crippen molar-refractivity contribution in [1.29, 1.82) is 5.26 Å². The Labute approximate surface area is 118 Å². The van der Waals surface area contributed by atoms with E-state index < -0.39 is 0 Å². The number of hydrogen-bond acceptors (Lipinski definition) is 3. The molecule has 0 saturated carbocycles. The highest BCUT2D eigenvalue weighted by atomic mass is 79.9. The summed E-state index contributed by atoms with van der Waals surface area (Å²) in [6.07, 6.45) is 0. The van der Waals surface area contributed by atoms with Gasteiger partial charge < -0.3 is 5.32 Å². The molecule has 0 aliphatic heterocycles. The van der Waals surface area contributed by atoms with Crippen LogP contribution in [0.2, 0.25) is 0 Å². The van der Waals surface area contributed by atoms with Crippen molar-refractivity contribution >= 4 is 27.5 Å². The van der Waals surface area contributed by atoms with Crippen LogP contribution in [0.3, 0.4) is 0 Å². The molecule has 19 heavy (non-hydrogen) atoms. The highest BCUT2D eigenvalue weighted by molar-refractivity contribution is 9.10. The number of aryl methyl sites for hydroxylation is 2. The first kappa shape index (κ1) is 13.3. The third-order valence-corrected chi connectivity index (χ3v) is 3.20. The van der Waals surface area contributed by atoms with E-state index in [0.717, 1.165) is 4.47 Å². The van der Waals surface area contributed by atoms with E-state index >= 15 is 0 Å². The molecule has 1 heterocycles. The number of nitrogens with one attached hydrogen (secondary N) is 2. The molecular formula is C13H11BrN4O. The molecule has 0 unspecified atom stereocenters. The van der Waals surface area contributed by atoms with Crippen molar-refractivity contribution in [2.24, 2.45) is 0 Å². The van der Waals surface area contributed by atoms with Crippen LogP contribution in [0.5, 0.6) is 0 Å². The highest BCUT2D eigenvalue weighted by Crippen LogP contribution is 2.21. The predicted octanol–water partition coefficient (Wildman–Crippen LogP) is 2.91. The van der Waals surface area contributed by atoms with Gasteiger partial charge in [0.2, 0.25) is 0 Å². The fourth-order valence-corrected chi connectivity index (χ4v) is 2.15. The van der Waals surface area contributed by atoms with Crippen LogP contribution < -0.4 is 5.32 Å².